The standard InChI is InChI=1S/C50H29N3OS/c1-2-10-30(11-3-1)31-18-20-32(21-19-31)48-38-14-4-7-15-41(38)51-50(52-48)53-42-25-22-33(34-23-27-46-39(28-34)36-13-6-9-17-45(36)55-46)29-40(42)47-43(53)26-24-37-35-12-5-8-16-44(35)54-49(37)47/h1-29H. The highest BCUT2D eigenvalue weighted by Gasteiger charge is 2.22. The first kappa shape index (κ1) is 30.4. The fraction of sp³-hybridized carbons (Fsp3) is 0. The van der Waals surface area contributed by atoms with Gasteiger partial charge in [-0.3, -0.25) is 4.57 Å². The van der Waals surface area contributed by atoms with E-state index in [1.54, 1.807) is 0 Å². The van der Waals surface area contributed by atoms with Crippen molar-refractivity contribution in [2.24, 2.45) is 0 Å². The third-order valence-corrected chi connectivity index (χ3v) is 12.2. The molecule has 8 aromatic carbocycles. The normalized spacial score (nSPS) is 12.0. The van der Waals surface area contributed by atoms with Gasteiger partial charge in [0.1, 0.15) is 11.2 Å². The molecule has 12 rings (SSSR count). The summed E-state index contributed by atoms with van der Waals surface area (Å²) in [5.74, 6) is 0.621. The van der Waals surface area contributed by atoms with Crippen molar-refractivity contribution in [1.29, 1.82) is 0 Å². The van der Waals surface area contributed by atoms with Gasteiger partial charge >= 0.3 is 0 Å². The Kier molecular flexibility index (Phi) is 6.47. The van der Waals surface area contributed by atoms with Crippen molar-refractivity contribution in [3.05, 3.63) is 176 Å². The van der Waals surface area contributed by atoms with E-state index in [0.717, 1.165) is 71.5 Å². The third-order valence-electron chi connectivity index (χ3n) is 11.0. The van der Waals surface area contributed by atoms with E-state index in [-0.39, 0.29) is 0 Å². The van der Waals surface area contributed by atoms with E-state index in [0.29, 0.717) is 5.95 Å². The maximum absolute atomic E-state index is 6.72. The van der Waals surface area contributed by atoms with Crippen molar-refractivity contribution >= 4 is 86.2 Å². The van der Waals surface area contributed by atoms with Gasteiger partial charge in [0, 0.05) is 47.3 Å². The molecular formula is C50H29N3OS. The summed E-state index contributed by atoms with van der Waals surface area (Å²) in [5, 5.41) is 7.94. The van der Waals surface area contributed by atoms with Crippen molar-refractivity contribution in [3.63, 3.8) is 0 Å². The number of hydrogen-bond donors (Lipinski definition) is 0. The van der Waals surface area contributed by atoms with Crippen molar-refractivity contribution in [3.8, 4) is 39.5 Å². The number of aromatic nitrogens is 3. The molecule has 0 aliphatic carbocycles. The molecule has 0 N–H and O–H groups in total. The number of furan rings is 1. The second kappa shape index (κ2) is 11.7. The average Bonchev–Trinajstić information content (AvgIpc) is 3.92. The number of nitrogens with zero attached hydrogens (tertiary/aromatic N) is 3. The lowest BCUT2D eigenvalue weighted by molar-refractivity contribution is 0.673. The second-order valence-electron chi connectivity index (χ2n) is 14.1. The Morgan fingerprint density at radius 2 is 1.05 bits per heavy atom. The average molecular weight is 720 g/mol. The van der Waals surface area contributed by atoms with Crippen LogP contribution in [0.2, 0.25) is 0 Å². The Morgan fingerprint density at radius 1 is 0.418 bits per heavy atom. The van der Waals surface area contributed by atoms with Crippen molar-refractivity contribution in [2.75, 3.05) is 0 Å². The highest BCUT2D eigenvalue weighted by Crippen LogP contribution is 2.43. The summed E-state index contributed by atoms with van der Waals surface area (Å²) in [4.78, 5) is 10.7. The lowest BCUT2D eigenvalue weighted by Crippen LogP contribution is -2.03. The molecule has 4 heterocycles. The minimum Gasteiger partial charge on any atom is -0.455 e. The Balaban J connectivity index is 1.12. The van der Waals surface area contributed by atoms with Gasteiger partial charge in [0.25, 0.3) is 0 Å². The predicted octanol–water partition coefficient (Wildman–Crippen LogP) is 14.0. The largest absolute Gasteiger partial charge is 0.455 e. The van der Waals surface area contributed by atoms with Crippen LogP contribution in [0.3, 0.4) is 0 Å². The topological polar surface area (TPSA) is 43.9 Å². The number of fused-ring (bicyclic) bond motifs is 11. The summed E-state index contributed by atoms with van der Waals surface area (Å²) >= 11 is 1.84. The van der Waals surface area contributed by atoms with Crippen LogP contribution in [-0.4, -0.2) is 14.5 Å². The minimum absolute atomic E-state index is 0.621. The molecule has 12 aromatic rings. The molecule has 256 valence electrons. The van der Waals surface area contributed by atoms with Gasteiger partial charge in [0.05, 0.1) is 27.6 Å². The fourth-order valence-corrected chi connectivity index (χ4v) is 9.51. The number of para-hydroxylation sites is 2. The van der Waals surface area contributed by atoms with Crippen LogP contribution in [0.15, 0.2) is 180 Å². The number of benzene rings is 8. The van der Waals surface area contributed by atoms with E-state index in [1.165, 1.54) is 36.9 Å². The second-order valence-corrected chi connectivity index (χ2v) is 15.2. The van der Waals surface area contributed by atoms with Crippen molar-refractivity contribution < 1.29 is 4.42 Å². The molecule has 4 nitrogen and oxygen atoms in total. The molecule has 0 saturated heterocycles. The summed E-state index contributed by atoms with van der Waals surface area (Å²) < 4.78 is 11.5. The summed E-state index contributed by atoms with van der Waals surface area (Å²) in [7, 11) is 0. The van der Waals surface area contributed by atoms with Gasteiger partial charge < -0.3 is 4.42 Å². The van der Waals surface area contributed by atoms with Crippen LogP contribution in [-0.2, 0) is 0 Å². The van der Waals surface area contributed by atoms with Crippen LogP contribution < -0.4 is 0 Å². The molecule has 0 spiro atoms. The molecule has 0 radical (unpaired) electrons. The molecule has 0 fully saturated rings. The fourth-order valence-electron chi connectivity index (χ4n) is 8.42. The molecule has 5 heteroatoms. The summed E-state index contributed by atoms with van der Waals surface area (Å²) in [6.07, 6.45) is 0. The van der Waals surface area contributed by atoms with Gasteiger partial charge in [-0.15, -0.1) is 11.3 Å². The molecule has 0 atom stereocenters. The number of thiophene rings is 1. The predicted molar refractivity (Wildman–Crippen MR) is 230 cm³/mol. The molecule has 0 aliphatic heterocycles. The Bertz CT molecular complexity index is 3480. The van der Waals surface area contributed by atoms with Crippen LogP contribution in [0.5, 0.6) is 0 Å². The van der Waals surface area contributed by atoms with Gasteiger partial charge in [-0.2, -0.15) is 0 Å². The lowest BCUT2D eigenvalue weighted by atomic mass is 10.00. The van der Waals surface area contributed by atoms with Crippen LogP contribution >= 0.6 is 11.3 Å². The summed E-state index contributed by atoms with van der Waals surface area (Å²) in [5.41, 5.74) is 11.3. The Labute approximate surface area is 319 Å². The summed E-state index contributed by atoms with van der Waals surface area (Å²) in [6.45, 7) is 0. The first-order chi connectivity index (χ1) is 27.2. The van der Waals surface area contributed by atoms with Crippen LogP contribution in [0.4, 0.5) is 0 Å². The maximum atomic E-state index is 6.72. The van der Waals surface area contributed by atoms with Gasteiger partial charge in [-0.25, -0.2) is 9.97 Å². The smallest absolute Gasteiger partial charge is 0.235 e. The zero-order valence-corrected chi connectivity index (χ0v) is 30.2. The first-order valence-corrected chi connectivity index (χ1v) is 19.3. The number of hydrogen-bond acceptors (Lipinski definition) is 4. The maximum Gasteiger partial charge on any atom is 0.235 e. The zero-order chi connectivity index (χ0) is 36.0. The Hall–Kier alpha value is -7.08. The molecule has 0 amide bonds. The van der Waals surface area contributed by atoms with Gasteiger partial charge in [0.15, 0.2) is 0 Å². The van der Waals surface area contributed by atoms with Crippen LogP contribution in [0.25, 0.3) is 114 Å². The highest BCUT2D eigenvalue weighted by molar-refractivity contribution is 7.25. The molecular weight excluding hydrogens is 691 g/mol. The molecule has 0 aliphatic rings. The van der Waals surface area contributed by atoms with Gasteiger partial charge in [0.2, 0.25) is 5.95 Å². The van der Waals surface area contributed by atoms with E-state index >= 15 is 0 Å². The number of rotatable bonds is 4. The third kappa shape index (κ3) is 4.64. The van der Waals surface area contributed by atoms with Crippen LogP contribution in [0.1, 0.15) is 0 Å². The van der Waals surface area contributed by atoms with Gasteiger partial charge in [-0.1, -0.05) is 121 Å². The van der Waals surface area contributed by atoms with Crippen molar-refractivity contribution in [1.82, 2.24) is 14.5 Å². The van der Waals surface area contributed by atoms with E-state index in [4.69, 9.17) is 14.4 Å². The lowest BCUT2D eigenvalue weighted by Gasteiger charge is -2.12. The monoisotopic (exact) mass is 719 g/mol. The first-order valence-electron chi connectivity index (χ1n) is 18.5. The van der Waals surface area contributed by atoms with Crippen molar-refractivity contribution in [2.45, 2.75) is 0 Å². The van der Waals surface area contributed by atoms with Crippen LogP contribution in [0, 0.1) is 0 Å². The molecule has 0 unspecified atom stereocenters. The van der Waals surface area contributed by atoms with E-state index in [1.807, 2.05) is 35.6 Å². The molecule has 55 heavy (non-hydrogen) atoms. The SMILES string of the molecule is c1ccc(-c2ccc(-c3nc(-n4c5ccc(-c6ccc7sc8ccccc8c7c6)cc5c5c6oc7ccccc7c6ccc54)nc4ccccc34)cc2)cc1. The zero-order valence-electron chi connectivity index (χ0n) is 29.4. The van der Waals surface area contributed by atoms with Gasteiger partial charge in [-0.05, 0) is 76.9 Å². The molecule has 0 bridgehead atoms. The quantitative estimate of drug-likeness (QED) is 0.182. The Morgan fingerprint density at radius 3 is 1.93 bits per heavy atom. The highest BCUT2D eigenvalue weighted by atomic mass is 32.1. The van der Waals surface area contributed by atoms with E-state index in [2.05, 4.69) is 156 Å². The summed E-state index contributed by atoms with van der Waals surface area (Å²) in [6, 6.07) is 62.5. The van der Waals surface area contributed by atoms with E-state index < -0.39 is 0 Å². The molecule has 4 aromatic heterocycles. The minimum atomic E-state index is 0.621. The van der Waals surface area contributed by atoms with E-state index in [9.17, 15) is 0 Å². The molecule has 0 saturated carbocycles.